The number of anilines is 1. The topological polar surface area (TPSA) is 59.2 Å². The van der Waals surface area contributed by atoms with Crippen molar-refractivity contribution in [2.45, 2.75) is 19.0 Å². The van der Waals surface area contributed by atoms with Crippen molar-refractivity contribution >= 4 is 11.7 Å². The third-order valence-corrected chi connectivity index (χ3v) is 3.16. The molecule has 1 aliphatic heterocycles. The standard InChI is InChI=1S/C12H14F3N3O/c13-12(14,15)8-3-2-6-18(7-8)11(19)9-4-1-5-10(16)17-9/h1,4-5,8H,2-3,6-7H2,(H2,16,17)/t8-/m0/s1. The summed E-state index contributed by atoms with van der Waals surface area (Å²) in [6.07, 6.45) is -3.85. The molecule has 7 heteroatoms. The molecule has 2 rings (SSSR count). The monoisotopic (exact) mass is 273 g/mol. The number of piperidine rings is 1. The average Bonchev–Trinajstić information content (AvgIpc) is 2.37. The number of nitrogens with zero attached hydrogens (tertiary/aromatic N) is 2. The molecule has 0 radical (unpaired) electrons. The first kappa shape index (κ1) is 13.6. The number of rotatable bonds is 1. The third kappa shape index (κ3) is 3.15. The summed E-state index contributed by atoms with van der Waals surface area (Å²) < 4.78 is 38.0. The average molecular weight is 273 g/mol. The zero-order chi connectivity index (χ0) is 14.0. The van der Waals surface area contributed by atoms with Crippen LogP contribution >= 0.6 is 0 Å². The fourth-order valence-corrected chi connectivity index (χ4v) is 2.16. The number of amides is 1. The summed E-state index contributed by atoms with van der Waals surface area (Å²) in [5.41, 5.74) is 5.55. The fourth-order valence-electron chi connectivity index (χ4n) is 2.16. The minimum atomic E-state index is -4.26. The quantitative estimate of drug-likeness (QED) is 0.852. The van der Waals surface area contributed by atoms with E-state index in [-0.39, 0.29) is 24.5 Å². The second kappa shape index (κ2) is 5.07. The van der Waals surface area contributed by atoms with Gasteiger partial charge in [-0.05, 0) is 25.0 Å². The molecule has 104 valence electrons. The lowest BCUT2D eigenvalue weighted by Gasteiger charge is -2.33. The van der Waals surface area contributed by atoms with Crippen molar-refractivity contribution < 1.29 is 18.0 Å². The summed E-state index contributed by atoms with van der Waals surface area (Å²) >= 11 is 0. The Kier molecular flexibility index (Phi) is 3.64. The zero-order valence-corrected chi connectivity index (χ0v) is 10.2. The first-order chi connectivity index (χ1) is 8.88. The van der Waals surface area contributed by atoms with Gasteiger partial charge in [0.25, 0.3) is 5.91 Å². The number of hydrogen-bond acceptors (Lipinski definition) is 3. The van der Waals surface area contributed by atoms with Crippen LogP contribution in [-0.4, -0.2) is 35.1 Å². The highest BCUT2D eigenvalue weighted by atomic mass is 19.4. The van der Waals surface area contributed by atoms with Gasteiger partial charge in [-0.1, -0.05) is 6.07 Å². The molecule has 1 aromatic rings. The highest BCUT2D eigenvalue weighted by molar-refractivity contribution is 5.92. The lowest BCUT2D eigenvalue weighted by atomic mass is 9.97. The Hall–Kier alpha value is -1.79. The smallest absolute Gasteiger partial charge is 0.384 e. The summed E-state index contributed by atoms with van der Waals surface area (Å²) in [5.74, 6) is -1.78. The van der Waals surface area contributed by atoms with Gasteiger partial charge in [-0.15, -0.1) is 0 Å². The lowest BCUT2D eigenvalue weighted by molar-refractivity contribution is -0.184. The van der Waals surface area contributed by atoms with E-state index in [0.29, 0.717) is 13.0 Å². The molecular formula is C12H14F3N3O. The Morgan fingerprint density at radius 2 is 2.16 bits per heavy atom. The Labute approximate surface area is 108 Å². The normalized spacial score (nSPS) is 20.4. The molecule has 2 heterocycles. The van der Waals surface area contributed by atoms with Crippen molar-refractivity contribution in [1.29, 1.82) is 0 Å². The van der Waals surface area contributed by atoms with Crippen molar-refractivity contribution in [3.63, 3.8) is 0 Å². The highest BCUT2D eigenvalue weighted by Crippen LogP contribution is 2.33. The Bertz CT molecular complexity index is 476. The van der Waals surface area contributed by atoms with Crippen LogP contribution < -0.4 is 5.73 Å². The van der Waals surface area contributed by atoms with Gasteiger partial charge in [0.2, 0.25) is 0 Å². The van der Waals surface area contributed by atoms with E-state index in [0.717, 1.165) is 0 Å². The summed E-state index contributed by atoms with van der Waals surface area (Å²) in [6, 6.07) is 4.53. The van der Waals surface area contributed by atoms with Crippen molar-refractivity contribution in [2.75, 3.05) is 18.8 Å². The molecule has 1 saturated heterocycles. The van der Waals surface area contributed by atoms with E-state index in [2.05, 4.69) is 4.98 Å². The number of carbonyl (C=O) groups excluding carboxylic acids is 1. The van der Waals surface area contributed by atoms with Crippen LogP contribution in [0.5, 0.6) is 0 Å². The Balaban J connectivity index is 2.11. The number of halogens is 3. The summed E-state index contributed by atoms with van der Waals surface area (Å²) in [5, 5.41) is 0. The van der Waals surface area contributed by atoms with Gasteiger partial charge < -0.3 is 10.6 Å². The predicted octanol–water partition coefficient (Wildman–Crippen LogP) is 2.08. The van der Waals surface area contributed by atoms with E-state index in [9.17, 15) is 18.0 Å². The molecular weight excluding hydrogens is 259 g/mol. The second-order valence-electron chi connectivity index (χ2n) is 4.58. The molecule has 1 atom stereocenters. The number of pyridine rings is 1. The van der Waals surface area contributed by atoms with Crippen LogP contribution in [0.1, 0.15) is 23.3 Å². The maximum absolute atomic E-state index is 12.7. The number of hydrogen-bond donors (Lipinski definition) is 1. The predicted molar refractivity (Wildman–Crippen MR) is 63.3 cm³/mol. The highest BCUT2D eigenvalue weighted by Gasteiger charge is 2.42. The van der Waals surface area contributed by atoms with Crippen LogP contribution in [-0.2, 0) is 0 Å². The number of likely N-dealkylation sites (tertiary alicyclic amines) is 1. The number of nitrogen functional groups attached to an aromatic ring is 1. The lowest BCUT2D eigenvalue weighted by Crippen LogP contribution is -2.44. The molecule has 1 fully saturated rings. The molecule has 2 N–H and O–H groups in total. The number of nitrogens with two attached hydrogens (primary N) is 1. The molecule has 0 unspecified atom stereocenters. The van der Waals surface area contributed by atoms with Gasteiger partial charge in [-0.25, -0.2) is 4.98 Å². The Morgan fingerprint density at radius 3 is 2.79 bits per heavy atom. The van der Waals surface area contributed by atoms with E-state index in [1.54, 1.807) is 6.07 Å². The number of alkyl halides is 3. The summed E-state index contributed by atoms with van der Waals surface area (Å²) in [7, 11) is 0. The van der Waals surface area contributed by atoms with Crippen LogP contribution in [0.2, 0.25) is 0 Å². The van der Waals surface area contributed by atoms with E-state index >= 15 is 0 Å². The molecule has 1 aromatic heterocycles. The third-order valence-electron chi connectivity index (χ3n) is 3.16. The molecule has 1 amide bonds. The number of aromatic nitrogens is 1. The maximum Gasteiger partial charge on any atom is 0.393 e. The van der Waals surface area contributed by atoms with Gasteiger partial charge in [-0.2, -0.15) is 13.2 Å². The van der Waals surface area contributed by atoms with Crippen molar-refractivity contribution in [2.24, 2.45) is 5.92 Å². The Morgan fingerprint density at radius 1 is 1.42 bits per heavy atom. The van der Waals surface area contributed by atoms with Gasteiger partial charge in [0, 0.05) is 13.1 Å². The molecule has 0 saturated carbocycles. The number of carbonyl (C=O) groups is 1. The van der Waals surface area contributed by atoms with E-state index in [1.807, 2.05) is 0 Å². The first-order valence-electron chi connectivity index (χ1n) is 5.96. The summed E-state index contributed by atoms with van der Waals surface area (Å²) in [4.78, 5) is 17.1. The van der Waals surface area contributed by atoms with Crippen molar-refractivity contribution in [3.05, 3.63) is 23.9 Å². The van der Waals surface area contributed by atoms with Gasteiger partial charge >= 0.3 is 6.18 Å². The van der Waals surface area contributed by atoms with Crippen LogP contribution in [0, 0.1) is 5.92 Å². The molecule has 1 aliphatic rings. The zero-order valence-electron chi connectivity index (χ0n) is 10.2. The summed E-state index contributed by atoms with van der Waals surface area (Å²) in [6.45, 7) is 0.0146. The van der Waals surface area contributed by atoms with Crippen LogP contribution in [0.4, 0.5) is 19.0 Å². The minimum absolute atomic E-state index is 0.0671. The van der Waals surface area contributed by atoms with Crippen molar-refractivity contribution in [1.82, 2.24) is 9.88 Å². The maximum atomic E-state index is 12.7. The minimum Gasteiger partial charge on any atom is -0.384 e. The van der Waals surface area contributed by atoms with Gasteiger partial charge in [0.1, 0.15) is 11.5 Å². The fraction of sp³-hybridized carbons (Fsp3) is 0.500. The van der Waals surface area contributed by atoms with Crippen LogP contribution in [0.3, 0.4) is 0 Å². The molecule has 0 spiro atoms. The first-order valence-corrected chi connectivity index (χ1v) is 5.96. The van der Waals surface area contributed by atoms with Gasteiger partial charge in [0.15, 0.2) is 0 Å². The molecule has 0 bridgehead atoms. The van der Waals surface area contributed by atoms with Crippen LogP contribution in [0.15, 0.2) is 18.2 Å². The van der Waals surface area contributed by atoms with E-state index < -0.39 is 18.0 Å². The molecule has 0 aromatic carbocycles. The second-order valence-corrected chi connectivity index (χ2v) is 4.58. The van der Waals surface area contributed by atoms with E-state index in [4.69, 9.17) is 5.73 Å². The SMILES string of the molecule is Nc1cccc(C(=O)N2CCC[C@H](C(F)(F)F)C2)n1. The van der Waals surface area contributed by atoms with Crippen LogP contribution in [0.25, 0.3) is 0 Å². The van der Waals surface area contributed by atoms with Gasteiger partial charge in [-0.3, -0.25) is 4.79 Å². The van der Waals surface area contributed by atoms with E-state index in [1.165, 1.54) is 17.0 Å². The van der Waals surface area contributed by atoms with Gasteiger partial charge in [0.05, 0.1) is 5.92 Å². The molecule has 0 aliphatic carbocycles. The molecule has 4 nitrogen and oxygen atoms in total. The molecule has 19 heavy (non-hydrogen) atoms. The largest absolute Gasteiger partial charge is 0.393 e. The van der Waals surface area contributed by atoms with Crippen molar-refractivity contribution in [3.8, 4) is 0 Å².